The molecule has 4 nitrogen and oxygen atoms in total. The first-order chi connectivity index (χ1) is 8.93. The molecule has 0 spiro atoms. The lowest BCUT2D eigenvalue weighted by Crippen LogP contribution is -2.45. The fourth-order valence-electron chi connectivity index (χ4n) is 2.13. The number of likely N-dealkylation sites (N-methyl/N-ethyl adjacent to an activating group) is 1. The average molecular weight is 266 g/mol. The summed E-state index contributed by atoms with van der Waals surface area (Å²) in [5.74, 6) is 0.891. The van der Waals surface area contributed by atoms with Gasteiger partial charge in [0.15, 0.2) is 0 Å². The summed E-state index contributed by atoms with van der Waals surface area (Å²) in [6, 6.07) is 8.02. The van der Waals surface area contributed by atoms with Gasteiger partial charge in [-0.2, -0.15) is 0 Å². The van der Waals surface area contributed by atoms with Gasteiger partial charge in [-0.1, -0.05) is 12.1 Å². The van der Waals surface area contributed by atoms with Gasteiger partial charge in [-0.3, -0.25) is 0 Å². The van der Waals surface area contributed by atoms with Crippen molar-refractivity contribution in [1.82, 2.24) is 10.2 Å². The third-order valence-corrected chi connectivity index (χ3v) is 2.70. The number of rotatable bonds is 8. The van der Waals surface area contributed by atoms with Crippen molar-refractivity contribution in [2.45, 2.75) is 26.0 Å². The maximum absolute atomic E-state index is 10.2. The van der Waals surface area contributed by atoms with Crippen molar-refractivity contribution in [3.8, 4) is 5.75 Å². The summed E-state index contributed by atoms with van der Waals surface area (Å²) in [5.41, 5.74) is 0.438. The summed E-state index contributed by atoms with van der Waals surface area (Å²) in [6.45, 7) is 6.42. The van der Waals surface area contributed by atoms with Gasteiger partial charge in [0.25, 0.3) is 0 Å². The molecule has 0 saturated heterocycles. The number of nitrogens with one attached hydrogen (secondary N) is 1. The number of hydrogen-bond donors (Lipinski definition) is 2. The van der Waals surface area contributed by atoms with Crippen LogP contribution < -0.4 is 10.1 Å². The van der Waals surface area contributed by atoms with E-state index in [1.54, 1.807) is 0 Å². The second kappa shape index (κ2) is 7.48. The summed E-state index contributed by atoms with van der Waals surface area (Å²) in [5, 5.41) is 13.5. The zero-order valence-corrected chi connectivity index (χ0v) is 12.4. The summed E-state index contributed by atoms with van der Waals surface area (Å²) in [7, 11) is 3.92. The Morgan fingerprint density at radius 1 is 1.37 bits per heavy atom. The van der Waals surface area contributed by atoms with Gasteiger partial charge in [0, 0.05) is 19.6 Å². The van der Waals surface area contributed by atoms with Crippen molar-refractivity contribution in [1.29, 1.82) is 0 Å². The molecule has 0 heterocycles. The molecule has 1 unspecified atom stereocenters. The van der Waals surface area contributed by atoms with Gasteiger partial charge in [0.1, 0.15) is 5.75 Å². The van der Waals surface area contributed by atoms with E-state index in [0.717, 1.165) is 17.9 Å². The minimum atomic E-state index is -0.721. The quantitative estimate of drug-likeness (QED) is 0.748. The van der Waals surface area contributed by atoms with E-state index in [2.05, 4.69) is 11.4 Å². The van der Waals surface area contributed by atoms with E-state index in [-0.39, 0.29) is 0 Å². The Kier molecular flexibility index (Phi) is 6.28. The van der Waals surface area contributed by atoms with Gasteiger partial charge in [0.05, 0.1) is 12.2 Å². The van der Waals surface area contributed by atoms with E-state index in [1.165, 1.54) is 0 Å². The maximum atomic E-state index is 10.2. The summed E-state index contributed by atoms with van der Waals surface area (Å²) in [6.07, 6.45) is 0. The normalized spacial score (nSPS) is 14.4. The standard InChI is InChI=1S/C15H26N2O2/c1-5-19-14-8-6-7-13(9-14)10-16-11-15(2,18)12-17(3)4/h6-9,16,18H,5,10-12H2,1-4H3. The number of hydrogen-bond acceptors (Lipinski definition) is 4. The molecule has 4 heteroatoms. The summed E-state index contributed by atoms with van der Waals surface area (Å²) in [4.78, 5) is 1.98. The van der Waals surface area contributed by atoms with Crippen LogP contribution in [0.1, 0.15) is 19.4 Å². The van der Waals surface area contributed by atoms with Crippen molar-refractivity contribution < 1.29 is 9.84 Å². The number of aliphatic hydroxyl groups is 1. The van der Waals surface area contributed by atoms with Crippen LogP contribution in [0.5, 0.6) is 5.75 Å². The smallest absolute Gasteiger partial charge is 0.119 e. The molecule has 19 heavy (non-hydrogen) atoms. The Hall–Kier alpha value is -1.10. The third-order valence-electron chi connectivity index (χ3n) is 2.70. The Morgan fingerprint density at radius 2 is 2.11 bits per heavy atom. The first-order valence-electron chi connectivity index (χ1n) is 6.72. The van der Waals surface area contributed by atoms with E-state index in [4.69, 9.17) is 4.74 Å². The molecule has 0 aliphatic rings. The zero-order valence-electron chi connectivity index (χ0n) is 12.4. The topological polar surface area (TPSA) is 44.7 Å². The fourth-order valence-corrected chi connectivity index (χ4v) is 2.13. The molecule has 0 aliphatic carbocycles. The lowest BCUT2D eigenvalue weighted by molar-refractivity contribution is 0.0336. The van der Waals surface area contributed by atoms with Crippen LogP contribution in [-0.4, -0.2) is 49.4 Å². The van der Waals surface area contributed by atoms with E-state index >= 15 is 0 Å². The zero-order chi connectivity index (χ0) is 14.3. The van der Waals surface area contributed by atoms with E-state index in [0.29, 0.717) is 19.7 Å². The highest BCUT2D eigenvalue weighted by atomic mass is 16.5. The predicted octanol–water partition coefficient (Wildman–Crippen LogP) is 1.49. The Balaban J connectivity index is 2.42. The molecule has 1 atom stereocenters. The third kappa shape index (κ3) is 6.57. The average Bonchev–Trinajstić information content (AvgIpc) is 2.27. The molecule has 1 aromatic carbocycles. The molecule has 2 N–H and O–H groups in total. The molecule has 1 rings (SSSR count). The van der Waals surface area contributed by atoms with Crippen LogP contribution in [0.15, 0.2) is 24.3 Å². The number of nitrogens with zero attached hydrogens (tertiary/aromatic N) is 1. The van der Waals surface area contributed by atoms with Crippen LogP contribution in [0.2, 0.25) is 0 Å². The van der Waals surface area contributed by atoms with Crippen LogP contribution in [0.4, 0.5) is 0 Å². The molecule has 0 bridgehead atoms. The Labute approximate surface area is 116 Å². The molecular formula is C15H26N2O2. The first-order valence-corrected chi connectivity index (χ1v) is 6.72. The van der Waals surface area contributed by atoms with Gasteiger partial charge < -0.3 is 20.1 Å². The van der Waals surface area contributed by atoms with Crippen molar-refractivity contribution in [2.24, 2.45) is 0 Å². The Bertz CT molecular complexity index is 378. The van der Waals surface area contributed by atoms with E-state index in [9.17, 15) is 5.11 Å². The molecule has 0 radical (unpaired) electrons. The second-order valence-electron chi connectivity index (χ2n) is 5.42. The largest absolute Gasteiger partial charge is 0.494 e. The molecular weight excluding hydrogens is 240 g/mol. The minimum Gasteiger partial charge on any atom is -0.494 e. The molecule has 0 aromatic heterocycles. The van der Waals surface area contributed by atoms with Crippen molar-refractivity contribution >= 4 is 0 Å². The molecule has 0 fully saturated rings. The van der Waals surface area contributed by atoms with Crippen LogP contribution in [0, 0.1) is 0 Å². The van der Waals surface area contributed by atoms with Gasteiger partial charge in [-0.15, -0.1) is 0 Å². The van der Waals surface area contributed by atoms with E-state index < -0.39 is 5.60 Å². The van der Waals surface area contributed by atoms with Gasteiger partial charge in [-0.25, -0.2) is 0 Å². The Morgan fingerprint density at radius 3 is 2.74 bits per heavy atom. The maximum Gasteiger partial charge on any atom is 0.119 e. The SMILES string of the molecule is CCOc1cccc(CNCC(C)(O)CN(C)C)c1. The van der Waals surface area contributed by atoms with Crippen LogP contribution in [-0.2, 0) is 6.54 Å². The summed E-state index contributed by atoms with van der Waals surface area (Å²) >= 11 is 0. The second-order valence-corrected chi connectivity index (χ2v) is 5.42. The first kappa shape index (κ1) is 16.0. The number of benzene rings is 1. The molecule has 108 valence electrons. The van der Waals surface area contributed by atoms with E-state index in [1.807, 2.05) is 51.0 Å². The lowest BCUT2D eigenvalue weighted by Gasteiger charge is -2.27. The molecule has 1 aromatic rings. The van der Waals surface area contributed by atoms with Crippen molar-refractivity contribution in [2.75, 3.05) is 33.8 Å². The molecule has 0 saturated carbocycles. The lowest BCUT2D eigenvalue weighted by atomic mass is 10.1. The van der Waals surface area contributed by atoms with Crippen molar-refractivity contribution in [3.05, 3.63) is 29.8 Å². The molecule has 0 amide bonds. The monoisotopic (exact) mass is 266 g/mol. The highest BCUT2D eigenvalue weighted by Gasteiger charge is 2.20. The predicted molar refractivity (Wildman–Crippen MR) is 78.5 cm³/mol. The van der Waals surface area contributed by atoms with Gasteiger partial charge in [0.2, 0.25) is 0 Å². The highest BCUT2D eigenvalue weighted by molar-refractivity contribution is 5.28. The molecule has 0 aliphatic heterocycles. The van der Waals surface area contributed by atoms with Crippen LogP contribution in [0.3, 0.4) is 0 Å². The van der Waals surface area contributed by atoms with Gasteiger partial charge >= 0.3 is 0 Å². The number of ether oxygens (including phenoxy) is 1. The van der Waals surface area contributed by atoms with Crippen molar-refractivity contribution in [3.63, 3.8) is 0 Å². The summed E-state index contributed by atoms with van der Waals surface area (Å²) < 4.78 is 5.46. The van der Waals surface area contributed by atoms with Gasteiger partial charge in [-0.05, 0) is 45.6 Å². The van der Waals surface area contributed by atoms with Crippen LogP contribution in [0.25, 0.3) is 0 Å². The van der Waals surface area contributed by atoms with Crippen LogP contribution >= 0.6 is 0 Å². The highest BCUT2D eigenvalue weighted by Crippen LogP contribution is 2.13. The minimum absolute atomic E-state index is 0.560. The fraction of sp³-hybridized carbons (Fsp3) is 0.600.